The number of nitrogens with one attached hydrogen (secondary N) is 1. The van der Waals surface area contributed by atoms with E-state index in [0.717, 1.165) is 18.8 Å². The summed E-state index contributed by atoms with van der Waals surface area (Å²) < 4.78 is 0. The second-order valence-electron chi connectivity index (χ2n) is 3.09. The van der Waals surface area contributed by atoms with E-state index < -0.39 is 0 Å². The van der Waals surface area contributed by atoms with Gasteiger partial charge in [-0.25, -0.2) is 0 Å². The minimum atomic E-state index is 0.533. The second kappa shape index (κ2) is 4.78. The van der Waals surface area contributed by atoms with Gasteiger partial charge in [-0.1, -0.05) is 25.1 Å². The molecule has 0 heterocycles. The van der Waals surface area contributed by atoms with Crippen molar-refractivity contribution >= 4 is 5.69 Å². The normalized spacial score (nSPS) is 12.5. The van der Waals surface area contributed by atoms with Crippen LogP contribution in [0, 0.1) is 5.92 Å². The molecule has 3 N–H and O–H groups in total. The van der Waals surface area contributed by atoms with Gasteiger partial charge in [-0.15, -0.1) is 0 Å². The summed E-state index contributed by atoms with van der Waals surface area (Å²) in [5.74, 6) is 0.533. The van der Waals surface area contributed by atoms with Crippen molar-refractivity contribution in [1.82, 2.24) is 0 Å². The molecule has 1 unspecified atom stereocenters. The Hall–Kier alpha value is -1.02. The fourth-order valence-electron chi connectivity index (χ4n) is 0.931. The molecule has 0 radical (unpaired) electrons. The Morgan fingerprint density at radius 1 is 1.33 bits per heavy atom. The summed E-state index contributed by atoms with van der Waals surface area (Å²) in [6.45, 7) is 3.82. The summed E-state index contributed by atoms with van der Waals surface area (Å²) in [6.07, 6.45) is 0. The van der Waals surface area contributed by atoms with Crippen molar-refractivity contribution in [2.45, 2.75) is 6.92 Å². The van der Waals surface area contributed by atoms with E-state index in [9.17, 15) is 0 Å². The molecule has 1 rings (SSSR count). The molecule has 2 heteroatoms. The molecule has 0 aliphatic rings. The van der Waals surface area contributed by atoms with Gasteiger partial charge in [0.2, 0.25) is 0 Å². The smallest absolute Gasteiger partial charge is 0.0340 e. The maximum Gasteiger partial charge on any atom is 0.0340 e. The minimum Gasteiger partial charge on any atom is -0.385 e. The monoisotopic (exact) mass is 164 g/mol. The Labute approximate surface area is 73.8 Å². The number of nitrogens with two attached hydrogens (primary N) is 1. The largest absolute Gasteiger partial charge is 0.385 e. The average Bonchev–Trinajstić information content (AvgIpc) is 2.16. The number of anilines is 1. The van der Waals surface area contributed by atoms with Crippen molar-refractivity contribution in [1.29, 1.82) is 0 Å². The van der Waals surface area contributed by atoms with Gasteiger partial charge in [-0.2, -0.15) is 0 Å². The zero-order valence-electron chi connectivity index (χ0n) is 7.46. The molecule has 0 amide bonds. The Morgan fingerprint density at radius 2 is 2.00 bits per heavy atom. The van der Waals surface area contributed by atoms with E-state index in [0.29, 0.717) is 5.92 Å². The van der Waals surface area contributed by atoms with Gasteiger partial charge >= 0.3 is 0 Å². The topological polar surface area (TPSA) is 38.0 Å². The zero-order chi connectivity index (χ0) is 8.81. The van der Waals surface area contributed by atoms with Gasteiger partial charge in [-0.05, 0) is 24.6 Å². The van der Waals surface area contributed by atoms with Crippen molar-refractivity contribution in [3.63, 3.8) is 0 Å². The first-order chi connectivity index (χ1) is 5.83. The van der Waals surface area contributed by atoms with Gasteiger partial charge in [0, 0.05) is 12.2 Å². The van der Waals surface area contributed by atoms with Crippen molar-refractivity contribution in [3.05, 3.63) is 30.3 Å². The Bertz CT molecular complexity index is 208. The molecular weight excluding hydrogens is 148 g/mol. The molecule has 12 heavy (non-hydrogen) atoms. The molecule has 0 saturated heterocycles. The molecule has 1 atom stereocenters. The van der Waals surface area contributed by atoms with Crippen LogP contribution in [-0.4, -0.2) is 13.1 Å². The molecule has 2 nitrogen and oxygen atoms in total. The maximum atomic E-state index is 5.50. The fraction of sp³-hybridized carbons (Fsp3) is 0.400. The summed E-state index contributed by atoms with van der Waals surface area (Å²) >= 11 is 0. The van der Waals surface area contributed by atoms with Crippen molar-refractivity contribution in [3.8, 4) is 0 Å². The van der Waals surface area contributed by atoms with Crippen molar-refractivity contribution in [2.75, 3.05) is 18.4 Å². The van der Waals surface area contributed by atoms with Crippen LogP contribution >= 0.6 is 0 Å². The Balaban J connectivity index is 2.33. The van der Waals surface area contributed by atoms with Gasteiger partial charge in [0.1, 0.15) is 0 Å². The van der Waals surface area contributed by atoms with E-state index in [-0.39, 0.29) is 0 Å². The summed E-state index contributed by atoms with van der Waals surface area (Å²) in [5, 5.41) is 3.32. The third-order valence-electron chi connectivity index (χ3n) is 1.83. The third-order valence-corrected chi connectivity index (χ3v) is 1.83. The van der Waals surface area contributed by atoms with E-state index in [2.05, 4.69) is 24.4 Å². The highest BCUT2D eigenvalue weighted by atomic mass is 14.9. The first-order valence-electron chi connectivity index (χ1n) is 4.32. The second-order valence-corrected chi connectivity index (χ2v) is 3.09. The quantitative estimate of drug-likeness (QED) is 0.710. The van der Waals surface area contributed by atoms with Crippen LogP contribution in [0.2, 0.25) is 0 Å². The van der Waals surface area contributed by atoms with Crippen LogP contribution in [0.4, 0.5) is 5.69 Å². The first kappa shape index (κ1) is 9.07. The molecule has 0 fully saturated rings. The summed E-state index contributed by atoms with van der Waals surface area (Å²) in [7, 11) is 0. The lowest BCUT2D eigenvalue weighted by atomic mass is 10.2. The van der Waals surface area contributed by atoms with E-state index >= 15 is 0 Å². The van der Waals surface area contributed by atoms with Crippen LogP contribution in [0.1, 0.15) is 6.92 Å². The lowest BCUT2D eigenvalue weighted by Crippen LogP contribution is -2.19. The van der Waals surface area contributed by atoms with Crippen molar-refractivity contribution < 1.29 is 0 Å². The Kier molecular flexibility index (Phi) is 3.61. The first-order valence-corrected chi connectivity index (χ1v) is 4.32. The van der Waals surface area contributed by atoms with E-state index in [1.165, 1.54) is 0 Å². The predicted molar refractivity (Wildman–Crippen MR) is 53.2 cm³/mol. The predicted octanol–water partition coefficient (Wildman–Crippen LogP) is 1.69. The van der Waals surface area contributed by atoms with Crippen LogP contribution in [0.3, 0.4) is 0 Å². The summed E-state index contributed by atoms with van der Waals surface area (Å²) in [6, 6.07) is 10.2. The number of benzene rings is 1. The standard InChI is InChI=1S/C10H16N2/c1-9(7-11)8-12-10-5-3-2-4-6-10/h2-6,9,12H,7-8,11H2,1H3. The van der Waals surface area contributed by atoms with Crippen LogP contribution in [0.25, 0.3) is 0 Å². The summed E-state index contributed by atoms with van der Waals surface area (Å²) in [4.78, 5) is 0. The Morgan fingerprint density at radius 3 is 2.58 bits per heavy atom. The highest BCUT2D eigenvalue weighted by molar-refractivity contribution is 5.42. The van der Waals surface area contributed by atoms with Gasteiger partial charge in [0.05, 0.1) is 0 Å². The number of rotatable bonds is 4. The van der Waals surface area contributed by atoms with E-state index in [1.54, 1.807) is 0 Å². The van der Waals surface area contributed by atoms with Crippen LogP contribution in [0.5, 0.6) is 0 Å². The molecule has 1 aromatic carbocycles. The van der Waals surface area contributed by atoms with Gasteiger partial charge in [-0.3, -0.25) is 0 Å². The molecule has 0 aromatic heterocycles. The number of hydrogen-bond acceptors (Lipinski definition) is 2. The highest BCUT2D eigenvalue weighted by Crippen LogP contribution is 2.05. The lowest BCUT2D eigenvalue weighted by Gasteiger charge is -2.10. The van der Waals surface area contributed by atoms with Gasteiger partial charge in [0.15, 0.2) is 0 Å². The van der Waals surface area contributed by atoms with Gasteiger partial charge < -0.3 is 11.1 Å². The molecule has 66 valence electrons. The minimum absolute atomic E-state index is 0.533. The average molecular weight is 164 g/mol. The third kappa shape index (κ3) is 2.93. The van der Waals surface area contributed by atoms with Crippen LogP contribution in [-0.2, 0) is 0 Å². The molecule has 0 aliphatic heterocycles. The maximum absolute atomic E-state index is 5.50. The molecule has 0 saturated carbocycles. The molecule has 1 aromatic rings. The lowest BCUT2D eigenvalue weighted by molar-refractivity contribution is 0.628. The van der Waals surface area contributed by atoms with E-state index in [1.807, 2.05) is 18.2 Å². The van der Waals surface area contributed by atoms with Crippen LogP contribution < -0.4 is 11.1 Å². The molecule has 0 bridgehead atoms. The summed E-state index contributed by atoms with van der Waals surface area (Å²) in [5.41, 5.74) is 6.66. The van der Waals surface area contributed by atoms with Gasteiger partial charge in [0.25, 0.3) is 0 Å². The molecule has 0 aliphatic carbocycles. The highest BCUT2D eigenvalue weighted by Gasteiger charge is 1.96. The molecule has 0 spiro atoms. The van der Waals surface area contributed by atoms with Crippen molar-refractivity contribution in [2.24, 2.45) is 11.7 Å². The zero-order valence-corrected chi connectivity index (χ0v) is 7.46. The fourth-order valence-corrected chi connectivity index (χ4v) is 0.931. The van der Waals surface area contributed by atoms with Crippen LogP contribution in [0.15, 0.2) is 30.3 Å². The number of para-hydroxylation sites is 1. The SMILES string of the molecule is CC(CN)CNc1ccccc1. The molecular formula is C10H16N2. The number of hydrogen-bond donors (Lipinski definition) is 2. The van der Waals surface area contributed by atoms with E-state index in [4.69, 9.17) is 5.73 Å².